The lowest BCUT2D eigenvalue weighted by Gasteiger charge is -2.07. The van der Waals surface area contributed by atoms with Crippen molar-refractivity contribution in [2.24, 2.45) is 0 Å². The first-order chi connectivity index (χ1) is 13.6. The van der Waals surface area contributed by atoms with Crippen LogP contribution in [0.1, 0.15) is 11.5 Å². The zero-order valence-corrected chi connectivity index (χ0v) is 16.1. The van der Waals surface area contributed by atoms with Crippen molar-refractivity contribution in [2.45, 2.75) is 6.61 Å². The predicted octanol–water partition coefficient (Wildman–Crippen LogP) is 4.77. The Morgan fingerprint density at radius 3 is 2.64 bits per heavy atom. The third-order valence-corrected chi connectivity index (χ3v) is 4.11. The third kappa shape index (κ3) is 4.92. The van der Waals surface area contributed by atoms with Crippen LogP contribution >= 0.6 is 11.6 Å². The first kappa shape index (κ1) is 19.5. The fraction of sp³-hybridized carbons (Fsp3) is 0.143. The van der Waals surface area contributed by atoms with Crippen molar-refractivity contribution in [1.82, 2.24) is 4.98 Å². The number of esters is 1. The molecular formula is C21H18ClNO5. The highest BCUT2D eigenvalue weighted by molar-refractivity contribution is 6.30. The van der Waals surface area contributed by atoms with Crippen molar-refractivity contribution >= 4 is 23.6 Å². The molecule has 0 saturated carbocycles. The lowest BCUT2D eigenvalue weighted by atomic mass is 10.1. The number of ether oxygens (including phenoxy) is 3. The van der Waals surface area contributed by atoms with Gasteiger partial charge in [0.2, 0.25) is 5.89 Å². The number of oxazole rings is 1. The molecule has 7 heteroatoms. The first-order valence-corrected chi connectivity index (χ1v) is 8.74. The van der Waals surface area contributed by atoms with Crippen LogP contribution in [0.4, 0.5) is 0 Å². The van der Waals surface area contributed by atoms with Crippen LogP contribution in [0.15, 0.2) is 59.2 Å². The molecule has 0 fully saturated rings. The molecule has 0 aliphatic heterocycles. The molecule has 0 amide bonds. The van der Waals surface area contributed by atoms with E-state index in [1.54, 1.807) is 56.8 Å². The maximum atomic E-state index is 12.0. The highest BCUT2D eigenvalue weighted by Crippen LogP contribution is 2.25. The summed E-state index contributed by atoms with van der Waals surface area (Å²) in [6.07, 6.45) is 4.47. The number of halogens is 1. The highest BCUT2D eigenvalue weighted by atomic mass is 35.5. The maximum absolute atomic E-state index is 12.0. The smallest absolute Gasteiger partial charge is 0.331 e. The third-order valence-electron chi connectivity index (χ3n) is 3.86. The standard InChI is InChI=1S/C21H18ClNO5/c1-25-17-8-9-18(26-2)15(11-17)5-10-21(24)27-13-20-23-12-19(28-20)14-3-6-16(22)7-4-14/h3-12H,13H2,1-2H3/b10-5+. The average molecular weight is 400 g/mol. The largest absolute Gasteiger partial charge is 0.497 e. The molecule has 0 unspecified atom stereocenters. The molecule has 0 N–H and O–H groups in total. The Hall–Kier alpha value is -3.25. The topological polar surface area (TPSA) is 70.8 Å². The lowest BCUT2D eigenvalue weighted by molar-refractivity contribution is -0.139. The molecule has 2 aromatic carbocycles. The van der Waals surface area contributed by atoms with Crippen LogP contribution in [0.2, 0.25) is 5.02 Å². The molecule has 144 valence electrons. The monoisotopic (exact) mass is 399 g/mol. The Labute approximate surface area is 167 Å². The van der Waals surface area contributed by atoms with Crippen molar-refractivity contribution < 1.29 is 23.4 Å². The van der Waals surface area contributed by atoms with Crippen LogP contribution in [-0.4, -0.2) is 25.2 Å². The molecule has 1 heterocycles. The van der Waals surface area contributed by atoms with E-state index in [-0.39, 0.29) is 6.61 Å². The normalized spacial score (nSPS) is 10.8. The summed E-state index contributed by atoms with van der Waals surface area (Å²) in [5, 5.41) is 0.636. The summed E-state index contributed by atoms with van der Waals surface area (Å²) in [7, 11) is 3.12. The minimum absolute atomic E-state index is 0.0774. The number of carbonyl (C=O) groups is 1. The van der Waals surface area contributed by atoms with E-state index in [0.717, 1.165) is 5.56 Å². The van der Waals surface area contributed by atoms with Gasteiger partial charge in [-0.05, 0) is 48.5 Å². The molecule has 3 aromatic rings. The van der Waals surface area contributed by atoms with Gasteiger partial charge >= 0.3 is 5.97 Å². The average Bonchev–Trinajstić information content (AvgIpc) is 3.20. The molecule has 6 nitrogen and oxygen atoms in total. The van der Waals surface area contributed by atoms with E-state index in [9.17, 15) is 4.79 Å². The van der Waals surface area contributed by atoms with Crippen molar-refractivity contribution in [2.75, 3.05) is 14.2 Å². The first-order valence-electron chi connectivity index (χ1n) is 8.36. The molecule has 0 aliphatic rings. The van der Waals surface area contributed by atoms with Crippen LogP contribution in [-0.2, 0) is 16.1 Å². The van der Waals surface area contributed by atoms with Crippen LogP contribution in [0.5, 0.6) is 11.5 Å². The number of hydrogen-bond donors (Lipinski definition) is 0. The van der Waals surface area contributed by atoms with Gasteiger partial charge in [-0.3, -0.25) is 0 Å². The molecule has 1 aromatic heterocycles. The van der Waals surface area contributed by atoms with Crippen molar-refractivity contribution in [3.05, 3.63) is 71.2 Å². The minimum Gasteiger partial charge on any atom is -0.497 e. The van der Waals surface area contributed by atoms with Crippen molar-refractivity contribution in [3.63, 3.8) is 0 Å². The number of benzene rings is 2. The minimum atomic E-state index is -0.531. The van der Waals surface area contributed by atoms with Gasteiger partial charge < -0.3 is 18.6 Å². The zero-order valence-electron chi connectivity index (χ0n) is 15.3. The van der Waals surface area contributed by atoms with E-state index in [4.69, 9.17) is 30.2 Å². The summed E-state index contributed by atoms with van der Waals surface area (Å²) >= 11 is 5.87. The van der Waals surface area contributed by atoms with Crippen LogP contribution < -0.4 is 9.47 Å². The maximum Gasteiger partial charge on any atom is 0.331 e. The number of hydrogen-bond acceptors (Lipinski definition) is 6. The highest BCUT2D eigenvalue weighted by Gasteiger charge is 2.09. The van der Waals surface area contributed by atoms with Gasteiger partial charge in [0, 0.05) is 22.2 Å². The fourth-order valence-corrected chi connectivity index (χ4v) is 2.56. The van der Waals surface area contributed by atoms with Crippen LogP contribution in [0.25, 0.3) is 17.4 Å². The number of methoxy groups -OCH3 is 2. The Bertz CT molecular complexity index is 979. The Kier molecular flexibility index (Phi) is 6.34. The molecule has 0 bridgehead atoms. The predicted molar refractivity (Wildman–Crippen MR) is 105 cm³/mol. The molecule has 3 rings (SSSR count). The molecule has 0 aliphatic carbocycles. The molecule has 0 atom stereocenters. The van der Waals surface area contributed by atoms with E-state index >= 15 is 0 Å². The van der Waals surface area contributed by atoms with Crippen LogP contribution in [0.3, 0.4) is 0 Å². The summed E-state index contributed by atoms with van der Waals surface area (Å²) < 4.78 is 21.2. The van der Waals surface area contributed by atoms with Gasteiger partial charge in [0.15, 0.2) is 12.4 Å². The number of nitrogens with zero attached hydrogens (tertiary/aromatic N) is 1. The van der Waals surface area contributed by atoms with Gasteiger partial charge in [0.25, 0.3) is 0 Å². The second kappa shape index (κ2) is 9.10. The second-order valence-corrected chi connectivity index (χ2v) is 6.11. The summed E-state index contributed by atoms with van der Waals surface area (Å²) in [4.78, 5) is 16.1. The Balaban J connectivity index is 1.60. The van der Waals surface area contributed by atoms with Gasteiger partial charge in [-0.2, -0.15) is 0 Å². The molecule has 0 spiro atoms. The van der Waals surface area contributed by atoms with E-state index in [0.29, 0.717) is 33.7 Å². The number of aromatic nitrogens is 1. The molecular weight excluding hydrogens is 382 g/mol. The second-order valence-electron chi connectivity index (χ2n) is 5.67. The fourth-order valence-electron chi connectivity index (χ4n) is 2.43. The lowest BCUT2D eigenvalue weighted by Crippen LogP contribution is -2.01. The summed E-state index contributed by atoms with van der Waals surface area (Å²) in [6.45, 7) is -0.0774. The zero-order chi connectivity index (χ0) is 19.9. The Morgan fingerprint density at radius 2 is 1.93 bits per heavy atom. The Morgan fingerprint density at radius 1 is 1.14 bits per heavy atom. The van der Waals surface area contributed by atoms with E-state index < -0.39 is 5.97 Å². The van der Waals surface area contributed by atoms with Crippen molar-refractivity contribution in [3.8, 4) is 22.8 Å². The van der Waals surface area contributed by atoms with Gasteiger partial charge in [-0.1, -0.05) is 11.6 Å². The van der Waals surface area contributed by atoms with E-state index in [2.05, 4.69) is 4.98 Å². The molecule has 0 saturated heterocycles. The molecule has 28 heavy (non-hydrogen) atoms. The van der Waals surface area contributed by atoms with Crippen LogP contribution in [0, 0.1) is 0 Å². The van der Waals surface area contributed by atoms with Gasteiger partial charge in [0.05, 0.1) is 20.4 Å². The summed E-state index contributed by atoms with van der Waals surface area (Å²) in [5.41, 5.74) is 1.53. The quantitative estimate of drug-likeness (QED) is 0.421. The van der Waals surface area contributed by atoms with E-state index in [1.807, 2.05) is 12.1 Å². The van der Waals surface area contributed by atoms with Gasteiger partial charge in [-0.15, -0.1) is 0 Å². The SMILES string of the molecule is COc1ccc(OC)c(/C=C/C(=O)OCc2ncc(-c3ccc(Cl)cc3)o2)c1. The van der Waals surface area contributed by atoms with Crippen molar-refractivity contribution in [1.29, 1.82) is 0 Å². The van der Waals surface area contributed by atoms with Gasteiger partial charge in [0.1, 0.15) is 11.5 Å². The summed E-state index contributed by atoms with van der Waals surface area (Å²) in [6, 6.07) is 12.5. The number of carbonyl (C=O) groups excluding carboxylic acids is 1. The van der Waals surface area contributed by atoms with Gasteiger partial charge in [-0.25, -0.2) is 9.78 Å². The summed E-state index contributed by atoms with van der Waals surface area (Å²) in [5.74, 6) is 1.61. The molecule has 0 radical (unpaired) electrons. The van der Waals surface area contributed by atoms with E-state index in [1.165, 1.54) is 6.08 Å². The number of rotatable bonds is 7.